The van der Waals surface area contributed by atoms with Crippen molar-refractivity contribution in [1.29, 1.82) is 0 Å². The van der Waals surface area contributed by atoms with Gasteiger partial charge in [0.2, 0.25) is 5.91 Å². The van der Waals surface area contributed by atoms with Crippen LogP contribution in [0.2, 0.25) is 0 Å². The zero-order valence-corrected chi connectivity index (χ0v) is 12.9. The van der Waals surface area contributed by atoms with Gasteiger partial charge in [0.15, 0.2) is 0 Å². The van der Waals surface area contributed by atoms with Crippen molar-refractivity contribution < 1.29 is 4.79 Å². The van der Waals surface area contributed by atoms with E-state index < -0.39 is 0 Å². The lowest BCUT2D eigenvalue weighted by atomic mass is 9.79. The number of aryl methyl sites for hydroxylation is 2. The van der Waals surface area contributed by atoms with Gasteiger partial charge in [-0.05, 0) is 37.2 Å². The van der Waals surface area contributed by atoms with E-state index >= 15 is 0 Å². The summed E-state index contributed by atoms with van der Waals surface area (Å²) < 4.78 is 1.84. The standard InChI is InChI=1S/C16H27N3O/c1-12(2)13-5-4-6-14(11-13)18-16(20)8-7-15-9-10-17-19(15)3/h9-10,12-14H,4-8,11H2,1-3H3,(H,18,20)/t13-,14-/m1/s1. The minimum atomic E-state index is 0.181. The van der Waals surface area contributed by atoms with Crippen molar-refractivity contribution in [2.75, 3.05) is 0 Å². The molecule has 1 fully saturated rings. The second-order valence-corrected chi connectivity index (χ2v) is 6.38. The lowest BCUT2D eigenvalue weighted by molar-refractivity contribution is -0.122. The van der Waals surface area contributed by atoms with Crippen molar-refractivity contribution in [3.63, 3.8) is 0 Å². The van der Waals surface area contributed by atoms with Crippen LogP contribution in [0.5, 0.6) is 0 Å². The van der Waals surface area contributed by atoms with Crippen LogP contribution in [-0.2, 0) is 18.3 Å². The van der Waals surface area contributed by atoms with Gasteiger partial charge >= 0.3 is 0 Å². The molecule has 0 aliphatic heterocycles. The summed E-state index contributed by atoms with van der Waals surface area (Å²) >= 11 is 0. The number of rotatable bonds is 5. The molecule has 4 heteroatoms. The fraction of sp³-hybridized carbons (Fsp3) is 0.750. The highest BCUT2D eigenvalue weighted by molar-refractivity contribution is 5.76. The van der Waals surface area contributed by atoms with Gasteiger partial charge in [-0.1, -0.05) is 26.7 Å². The molecule has 1 aliphatic carbocycles. The van der Waals surface area contributed by atoms with Crippen molar-refractivity contribution in [2.24, 2.45) is 18.9 Å². The molecule has 2 rings (SSSR count). The molecule has 4 nitrogen and oxygen atoms in total. The smallest absolute Gasteiger partial charge is 0.220 e. The Labute approximate surface area is 121 Å². The molecule has 1 aliphatic rings. The number of amides is 1. The Morgan fingerprint density at radius 3 is 2.95 bits per heavy atom. The third-order valence-corrected chi connectivity index (χ3v) is 4.55. The van der Waals surface area contributed by atoms with E-state index in [1.54, 1.807) is 6.20 Å². The fourth-order valence-corrected chi connectivity index (χ4v) is 3.15. The van der Waals surface area contributed by atoms with E-state index in [9.17, 15) is 4.79 Å². The Kier molecular flexibility index (Phi) is 5.21. The van der Waals surface area contributed by atoms with E-state index in [0.29, 0.717) is 12.5 Å². The third kappa shape index (κ3) is 4.09. The zero-order valence-electron chi connectivity index (χ0n) is 12.9. The molecule has 0 radical (unpaired) electrons. The van der Waals surface area contributed by atoms with Gasteiger partial charge in [-0.3, -0.25) is 9.48 Å². The Hall–Kier alpha value is -1.32. The largest absolute Gasteiger partial charge is 0.353 e. The highest BCUT2D eigenvalue weighted by atomic mass is 16.1. The molecule has 0 aromatic carbocycles. The first-order chi connectivity index (χ1) is 9.56. The van der Waals surface area contributed by atoms with Crippen LogP contribution >= 0.6 is 0 Å². The van der Waals surface area contributed by atoms with E-state index in [4.69, 9.17) is 0 Å². The first-order valence-electron chi connectivity index (χ1n) is 7.82. The van der Waals surface area contributed by atoms with Gasteiger partial charge in [0.1, 0.15) is 0 Å². The summed E-state index contributed by atoms with van der Waals surface area (Å²) in [7, 11) is 1.92. The van der Waals surface area contributed by atoms with Crippen LogP contribution in [0.25, 0.3) is 0 Å². The van der Waals surface area contributed by atoms with Crippen molar-refractivity contribution in [3.05, 3.63) is 18.0 Å². The second-order valence-electron chi connectivity index (χ2n) is 6.38. The molecule has 2 atom stereocenters. The van der Waals surface area contributed by atoms with Gasteiger partial charge in [-0.25, -0.2) is 0 Å². The molecule has 20 heavy (non-hydrogen) atoms. The molecule has 0 unspecified atom stereocenters. The van der Waals surface area contributed by atoms with Crippen LogP contribution in [0.15, 0.2) is 12.3 Å². The predicted molar refractivity (Wildman–Crippen MR) is 80.3 cm³/mol. The first-order valence-corrected chi connectivity index (χ1v) is 7.82. The predicted octanol–water partition coefficient (Wildman–Crippen LogP) is 2.68. The molecule has 1 heterocycles. The molecule has 1 saturated carbocycles. The molecule has 1 aromatic rings. The summed E-state index contributed by atoms with van der Waals surface area (Å²) in [6, 6.07) is 2.36. The van der Waals surface area contributed by atoms with E-state index in [1.807, 2.05) is 17.8 Å². The Morgan fingerprint density at radius 1 is 1.50 bits per heavy atom. The molecule has 1 aromatic heterocycles. The van der Waals surface area contributed by atoms with Crippen molar-refractivity contribution in [2.45, 2.75) is 58.4 Å². The van der Waals surface area contributed by atoms with E-state index in [2.05, 4.69) is 24.3 Å². The van der Waals surface area contributed by atoms with Gasteiger partial charge in [0, 0.05) is 31.4 Å². The Morgan fingerprint density at radius 2 is 2.30 bits per heavy atom. The van der Waals surface area contributed by atoms with Crippen LogP contribution in [0.1, 0.15) is 51.6 Å². The third-order valence-electron chi connectivity index (χ3n) is 4.55. The van der Waals surface area contributed by atoms with Crippen molar-refractivity contribution >= 4 is 5.91 Å². The number of nitrogens with one attached hydrogen (secondary N) is 1. The monoisotopic (exact) mass is 277 g/mol. The number of carbonyl (C=O) groups excluding carboxylic acids is 1. The number of hydrogen-bond donors (Lipinski definition) is 1. The minimum absolute atomic E-state index is 0.181. The lowest BCUT2D eigenvalue weighted by Gasteiger charge is -2.32. The summed E-state index contributed by atoms with van der Waals surface area (Å²) in [5, 5.41) is 7.34. The topological polar surface area (TPSA) is 46.9 Å². The van der Waals surface area contributed by atoms with E-state index in [0.717, 1.165) is 36.8 Å². The van der Waals surface area contributed by atoms with Gasteiger partial charge in [-0.2, -0.15) is 5.10 Å². The number of carbonyl (C=O) groups is 1. The van der Waals surface area contributed by atoms with E-state index in [1.165, 1.54) is 12.8 Å². The Balaban J connectivity index is 1.75. The molecular weight excluding hydrogens is 250 g/mol. The molecule has 112 valence electrons. The highest BCUT2D eigenvalue weighted by Gasteiger charge is 2.24. The summed E-state index contributed by atoms with van der Waals surface area (Å²) in [4.78, 5) is 12.1. The normalized spacial score (nSPS) is 23.0. The Bertz CT molecular complexity index is 439. The number of nitrogens with zero attached hydrogens (tertiary/aromatic N) is 2. The highest BCUT2D eigenvalue weighted by Crippen LogP contribution is 2.29. The summed E-state index contributed by atoms with van der Waals surface area (Å²) in [5.74, 6) is 1.68. The average molecular weight is 277 g/mol. The average Bonchev–Trinajstić information content (AvgIpc) is 2.82. The number of aromatic nitrogens is 2. The quantitative estimate of drug-likeness (QED) is 0.899. The summed E-state index contributed by atoms with van der Waals surface area (Å²) in [6.07, 6.45) is 7.96. The van der Waals surface area contributed by atoms with Gasteiger partial charge < -0.3 is 5.32 Å². The molecule has 0 bridgehead atoms. The molecule has 1 N–H and O–H groups in total. The van der Waals surface area contributed by atoms with E-state index in [-0.39, 0.29) is 5.91 Å². The molecule has 0 saturated heterocycles. The van der Waals surface area contributed by atoms with Crippen molar-refractivity contribution in [3.8, 4) is 0 Å². The molecular formula is C16H27N3O. The van der Waals surface area contributed by atoms with Crippen LogP contribution < -0.4 is 5.32 Å². The maximum Gasteiger partial charge on any atom is 0.220 e. The summed E-state index contributed by atoms with van der Waals surface area (Å²) in [6.45, 7) is 4.58. The molecule has 0 spiro atoms. The summed E-state index contributed by atoms with van der Waals surface area (Å²) in [5.41, 5.74) is 1.11. The SMILES string of the molecule is CC(C)[C@@H]1CCC[C@@H](NC(=O)CCc2ccnn2C)C1. The minimum Gasteiger partial charge on any atom is -0.353 e. The molecule has 1 amide bonds. The maximum atomic E-state index is 12.1. The fourth-order valence-electron chi connectivity index (χ4n) is 3.15. The van der Waals surface area contributed by atoms with Crippen LogP contribution in [0.3, 0.4) is 0 Å². The number of hydrogen-bond acceptors (Lipinski definition) is 2. The van der Waals surface area contributed by atoms with Crippen LogP contribution in [-0.4, -0.2) is 21.7 Å². The second kappa shape index (κ2) is 6.91. The lowest BCUT2D eigenvalue weighted by Crippen LogP contribution is -2.39. The zero-order chi connectivity index (χ0) is 14.5. The van der Waals surface area contributed by atoms with Crippen LogP contribution in [0, 0.1) is 11.8 Å². The van der Waals surface area contributed by atoms with Crippen molar-refractivity contribution in [1.82, 2.24) is 15.1 Å². The maximum absolute atomic E-state index is 12.1. The van der Waals surface area contributed by atoms with Gasteiger partial charge in [0.25, 0.3) is 0 Å². The first kappa shape index (κ1) is 15.1. The van der Waals surface area contributed by atoms with Gasteiger partial charge in [0.05, 0.1) is 0 Å². The van der Waals surface area contributed by atoms with Crippen LogP contribution in [0.4, 0.5) is 0 Å². The van der Waals surface area contributed by atoms with Gasteiger partial charge in [-0.15, -0.1) is 0 Å².